The Kier molecular flexibility index (Phi) is 3.78. The van der Waals surface area contributed by atoms with Crippen molar-refractivity contribution in [2.24, 2.45) is 5.73 Å². The van der Waals surface area contributed by atoms with Crippen LogP contribution in [-0.4, -0.2) is 6.10 Å². The van der Waals surface area contributed by atoms with Crippen LogP contribution in [0, 0.1) is 0 Å². The first-order valence-electron chi connectivity index (χ1n) is 8.65. The molecule has 122 valence electrons. The largest absolute Gasteiger partial charge is 0.490 e. The molecule has 0 saturated carbocycles. The van der Waals surface area contributed by atoms with Crippen LogP contribution >= 0.6 is 0 Å². The summed E-state index contributed by atoms with van der Waals surface area (Å²) in [6.45, 7) is 2.12. The van der Waals surface area contributed by atoms with Gasteiger partial charge in [-0.05, 0) is 47.7 Å². The Morgan fingerprint density at radius 3 is 2.67 bits per heavy atom. The Bertz CT molecular complexity index is 863. The lowest BCUT2D eigenvalue weighted by Crippen LogP contribution is -2.40. The van der Waals surface area contributed by atoms with Crippen molar-refractivity contribution < 1.29 is 4.74 Å². The lowest BCUT2D eigenvalue weighted by atomic mass is 9.82. The molecule has 0 aromatic heterocycles. The molecule has 24 heavy (non-hydrogen) atoms. The summed E-state index contributed by atoms with van der Waals surface area (Å²) in [4.78, 5) is 0. The number of nitrogens with two attached hydrogens (primary N) is 1. The quantitative estimate of drug-likeness (QED) is 0.753. The second kappa shape index (κ2) is 5.95. The van der Waals surface area contributed by atoms with Crippen LogP contribution < -0.4 is 10.5 Å². The first-order valence-corrected chi connectivity index (χ1v) is 8.65. The molecule has 3 aromatic carbocycles. The Morgan fingerprint density at radius 1 is 1.00 bits per heavy atom. The standard InChI is InChI=1S/C22H23NO/c1-22(23,20-11-6-9-16-7-2-4-10-19(16)20)15-18-14-13-17-8-3-5-12-21(17)24-18/h2-12,18H,13-15,23H2,1H3/t18-,22?/m1/s1. The van der Waals surface area contributed by atoms with Crippen LogP contribution in [0.2, 0.25) is 0 Å². The van der Waals surface area contributed by atoms with E-state index in [9.17, 15) is 0 Å². The van der Waals surface area contributed by atoms with E-state index < -0.39 is 5.54 Å². The van der Waals surface area contributed by atoms with Crippen LogP contribution in [0.4, 0.5) is 0 Å². The highest BCUT2D eigenvalue weighted by Gasteiger charge is 2.30. The molecule has 1 heterocycles. The van der Waals surface area contributed by atoms with E-state index in [1.165, 1.54) is 21.9 Å². The van der Waals surface area contributed by atoms with E-state index in [0.29, 0.717) is 0 Å². The zero-order chi connectivity index (χ0) is 16.6. The zero-order valence-electron chi connectivity index (χ0n) is 14.0. The van der Waals surface area contributed by atoms with Gasteiger partial charge in [-0.25, -0.2) is 0 Å². The highest BCUT2D eigenvalue weighted by molar-refractivity contribution is 5.86. The monoisotopic (exact) mass is 317 g/mol. The van der Waals surface area contributed by atoms with Gasteiger partial charge in [0.2, 0.25) is 0 Å². The van der Waals surface area contributed by atoms with Gasteiger partial charge in [-0.3, -0.25) is 0 Å². The minimum Gasteiger partial charge on any atom is -0.490 e. The molecule has 2 heteroatoms. The van der Waals surface area contributed by atoms with E-state index >= 15 is 0 Å². The third-order valence-corrected chi connectivity index (χ3v) is 5.06. The average Bonchev–Trinajstić information content (AvgIpc) is 2.61. The lowest BCUT2D eigenvalue weighted by molar-refractivity contribution is 0.137. The van der Waals surface area contributed by atoms with Crippen molar-refractivity contribution in [2.45, 2.75) is 37.8 Å². The van der Waals surface area contributed by atoms with Gasteiger partial charge in [-0.15, -0.1) is 0 Å². The lowest BCUT2D eigenvalue weighted by Gasteiger charge is -2.34. The third kappa shape index (κ3) is 2.78. The van der Waals surface area contributed by atoms with Gasteiger partial charge in [0.25, 0.3) is 0 Å². The molecule has 0 saturated heterocycles. The molecule has 0 spiro atoms. The molecule has 2 N–H and O–H groups in total. The molecular formula is C22H23NO. The van der Waals surface area contributed by atoms with Crippen LogP contribution in [0.15, 0.2) is 66.7 Å². The second-order valence-electron chi connectivity index (χ2n) is 7.03. The summed E-state index contributed by atoms with van der Waals surface area (Å²) in [5, 5.41) is 2.47. The van der Waals surface area contributed by atoms with Gasteiger partial charge in [-0.1, -0.05) is 60.7 Å². The topological polar surface area (TPSA) is 35.2 Å². The maximum absolute atomic E-state index is 6.77. The minimum absolute atomic E-state index is 0.161. The van der Waals surface area contributed by atoms with Crippen molar-refractivity contribution in [2.75, 3.05) is 0 Å². The maximum atomic E-state index is 6.77. The number of fused-ring (bicyclic) bond motifs is 2. The van der Waals surface area contributed by atoms with Crippen LogP contribution in [0.5, 0.6) is 5.75 Å². The number of benzene rings is 3. The smallest absolute Gasteiger partial charge is 0.122 e. The minimum atomic E-state index is -0.419. The second-order valence-corrected chi connectivity index (χ2v) is 7.03. The molecule has 1 unspecified atom stereocenters. The first-order chi connectivity index (χ1) is 11.6. The molecule has 0 amide bonds. The van der Waals surface area contributed by atoms with Gasteiger partial charge in [0.15, 0.2) is 0 Å². The summed E-state index contributed by atoms with van der Waals surface area (Å²) in [5.74, 6) is 1.02. The predicted molar refractivity (Wildman–Crippen MR) is 99.3 cm³/mol. The first kappa shape index (κ1) is 15.2. The molecule has 4 rings (SSSR count). The van der Waals surface area contributed by atoms with Gasteiger partial charge in [0, 0.05) is 12.0 Å². The van der Waals surface area contributed by atoms with Crippen molar-refractivity contribution in [1.29, 1.82) is 0 Å². The molecule has 0 radical (unpaired) electrons. The molecule has 0 fully saturated rings. The molecule has 0 aliphatic carbocycles. The van der Waals surface area contributed by atoms with Crippen molar-refractivity contribution >= 4 is 10.8 Å². The fourth-order valence-corrected chi connectivity index (χ4v) is 3.83. The van der Waals surface area contributed by atoms with E-state index in [1.54, 1.807) is 0 Å². The summed E-state index contributed by atoms with van der Waals surface area (Å²) in [6.07, 6.45) is 3.06. The van der Waals surface area contributed by atoms with Gasteiger partial charge < -0.3 is 10.5 Å². The summed E-state index contributed by atoms with van der Waals surface area (Å²) >= 11 is 0. The van der Waals surface area contributed by atoms with Crippen molar-refractivity contribution in [3.8, 4) is 5.75 Å². The molecule has 3 aromatic rings. The SMILES string of the molecule is CC(N)(C[C@H]1CCc2ccccc2O1)c1cccc2ccccc12. The Hall–Kier alpha value is -2.32. The summed E-state index contributed by atoms with van der Waals surface area (Å²) < 4.78 is 6.22. The molecule has 1 aliphatic rings. The number of hydrogen-bond donors (Lipinski definition) is 1. The van der Waals surface area contributed by atoms with Gasteiger partial charge in [0.1, 0.15) is 11.9 Å². The average molecular weight is 317 g/mol. The number of ether oxygens (including phenoxy) is 1. The third-order valence-electron chi connectivity index (χ3n) is 5.06. The van der Waals surface area contributed by atoms with Gasteiger partial charge >= 0.3 is 0 Å². The van der Waals surface area contributed by atoms with Crippen molar-refractivity contribution in [3.63, 3.8) is 0 Å². The maximum Gasteiger partial charge on any atom is 0.122 e. The van der Waals surface area contributed by atoms with Gasteiger partial charge in [-0.2, -0.15) is 0 Å². The Morgan fingerprint density at radius 2 is 1.75 bits per heavy atom. The highest BCUT2D eigenvalue weighted by Crippen LogP contribution is 2.35. The number of hydrogen-bond acceptors (Lipinski definition) is 2. The summed E-state index contributed by atoms with van der Waals surface area (Å²) in [7, 11) is 0. The molecule has 2 nitrogen and oxygen atoms in total. The normalized spacial score (nSPS) is 19.3. The fourth-order valence-electron chi connectivity index (χ4n) is 3.83. The predicted octanol–water partition coefficient (Wildman–Crippen LogP) is 4.80. The van der Waals surface area contributed by atoms with E-state index in [2.05, 4.69) is 67.6 Å². The molecular weight excluding hydrogens is 294 g/mol. The number of rotatable bonds is 3. The van der Waals surface area contributed by atoms with Crippen LogP contribution in [0.25, 0.3) is 10.8 Å². The molecule has 2 atom stereocenters. The number of aryl methyl sites for hydroxylation is 1. The van der Waals surface area contributed by atoms with Crippen molar-refractivity contribution in [1.82, 2.24) is 0 Å². The van der Waals surface area contributed by atoms with E-state index in [0.717, 1.165) is 25.0 Å². The summed E-state index contributed by atoms with van der Waals surface area (Å²) in [5.41, 5.74) is 8.86. The highest BCUT2D eigenvalue weighted by atomic mass is 16.5. The summed E-state index contributed by atoms with van der Waals surface area (Å²) in [6, 6.07) is 23.2. The fraction of sp³-hybridized carbons (Fsp3) is 0.273. The van der Waals surface area contributed by atoms with Crippen LogP contribution in [0.1, 0.15) is 30.9 Å². The molecule has 1 aliphatic heterocycles. The zero-order valence-corrected chi connectivity index (χ0v) is 14.0. The van der Waals surface area contributed by atoms with Crippen LogP contribution in [-0.2, 0) is 12.0 Å². The van der Waals surface area contributed by atoms with E-state index in [-0.39, 0.29) is 6.10 Å². The van der Waals surface area contributed by atoms with Crippen LogP contribution in [0.3, 0.4) is 0 Å². The number of para-hydroxylation sites is 1. The Labute approximate surface area is 143 Å². The molecule has 0 bridgehead atoms. The Balaban J connectivity index is 1.62. The van der Waals surface area contributed by atoms with Gasteiger partial charge in [0.05, 0.1) is 0 Å². The van der Waals surface area contributed by atoms with E-state index in [1.807, 2.05) is 6.07 Å². The van der Waals surface area contributed by atoms with Crippen molar-refractivity contribution in [3.05, 3.63) is 77.9 Å². The van der Waals surface area contributed by atoms with E-state index in [4.69, 9.17) is 10.5 Å².